The van der Waals surface area contributed by atoms with Gasteiger partial charge in [-0.05, 0) is 145 Å². The van der Waals surface area contributed by atoms with Crippen molar-refractivity contribution in [2.45, 2.75) is 41.5 Å². The van der Waals surface area contributed by atoms with Gasteiger partial charge in [-0.15, -0.1) is 4.98 Å². The zero-order valence-corrected chi connectivity index (χ0v) is 47.5. The lowest BCUT2D eigenvalue weighted by molar-refractivity contribution is -0.603. The number of rotatable bonds is 17. The zero-order valence-electron chi connectivity index (χ0n) is 47.5. The Morgan fingerprint density at radius 2 is 0.558 bits per heavy atom. The Balaban J connectivity index is 0.000000171. The summed E-state index contributed by atoms with van der Waals surface area (Å²) in [4.78, 5) is 84.7. The summed E-state index contributed by atoms with van der Waals surface area (Å²) in [7, 11) is 0. The average molecular weight is 1150 g/mol. The van der Waals surface area contributed by atoms with E-state index in [-0.39, 0.29) is 23.6 Å². The van der Waals surface area contributed by atoms with Crippen molar-refractivity contribution in [3.63, 3.8) is 0 Å². The molecule has 86 heavy (non-hydrogen) atoms. The number of nitrogen functional groups attached to an aromatic ring is 2. The van der Waals surface area contributed by atoms with Crippen LogP contribution in [0.1, 0.15) is 39.3 Å². The SMILES string of the molecule is CC(=O)Nc1cccc(Nc2nc(C)nc(Nc3cccc(NC(C)=O)c3)n2)c1.CC(=O)Nc1cccc(Nc2nc(Nc3cccc(NC(C)=O)c3)nc(-[n+]3ccccc3)n2)c1.Cc1nc(Nc2cccc(N)c2)nc(Nc2cccc(N)c2)n1. The van der Waals surface area contributed by atoms with Crippen molar-refractivity contribution in [1.29, 1.82) is 0 Å². The molecule has 0 aliphatic heterocycles. The van der Waals surface area contributed by atoms with E-state index in [2.05, 4.69) is 98.0 Å². The second kappa shape index (κ2) is 29.0. The lowest BCUT2D eigenvalue weighted by Gasteiger charge is -2.11. The van der Waals surface area contributed by atoms with Gasteiger partial charge in [0.1, 0.15) is 11.6 Å². The molecule has 0 saturated heterocycles. The molecule has 4 heterocycles. The average Bonchev–Trinajstić information content (AvgIpc) is 3.44. The highest BCUT2D eigenvalue weighted by Crippen LogP contribution is 2.25. The fraction of sp³-hybridized carbons (Fsp3) is 0.100. The van der Waals surface area contributed by atoms with Gasteiger partial charge in [0.15, 0.2) is 0 Å². The second-order valence-electron chi connectivity index (χ2n) is 18.7. The number of hydrogen-bond acceptors (Lipinski definition) is 21. The first-order chi connectivity index (χ1) is 41.4. The first-order valence-corrected chi connectivity index (χ1v) is 26.4. The molecular formula is C60H61N22O4+. The predicted octanol–water partition coefficient (Wildman–Crippen LogP) is 9.97. The number of aromatic nitrogens is 10. The van der Waals surface area contributed by atoms with Gasteiger partial charge in [-0.25, -0.2) is 4.57 Å². The summed E-state index contributed by atoms with van der Waals surface area (Å²) in [6, 6.07) is 49.3. The van der Waals surface area contributed by atoms with Gasteiger partial charge in [-0.3, -0.25) is 19.2 Å². The van der Waals surface area contributed by atoms with Crippen LogP contribution in [0, 0.1) is 13.8 Å². The molecule has 0 aliphatic rings. The van der Waals surface area contributed by atoms with Crippen molar-refractivity contribution in [2.75, 3.05) is 64.6 Å². The molecule has 4 amide bonds. The number of amides is 4. The van der Waals surface area contributed by atoms with Gasteiger partial charge in [0.25, 0.3) is 0 Å². The van der Waals surface area contributed by atoms with Crippen molar-refractivity contribution in [1.82, 2.24) is 44.9 Å². The standard InChI is InChI=1S/C24H22N8O2.C20H21N7O2.C16H17N7/c1-16(33)25-18-8-6-10-20(14-18)27-22-29-23(31-24(30-22)32-12-4-3-5-13-32)28-21-11-7-9-19(15-21)26-17(2)34;1-12-21-19(25-17-8-4-6-15(10-17)23-13(2)28)27-20(22-12)26-18-9-5-7-16(11-18)24-14(3)29;1-10-19-15(21-13-6-2-4-11(17)8-13)23-16(20-10)22-14-7-3-5-12(18)9-14/h3-15H,1-2H3,(H3-,25,26,27,28,29,30,31,33,34);4-11H,1-3H3,(H,23,28)(H,24,29)(H2,21,22,25,26,27);2-9H,17-18H2,1H3,(H2,19,20,21,22,23)/p+1. The van der Waals surface area contributed by atoms with Crippen LogP contribution in [0.5, 0.6) is 0 Å². The Morgan fingerprint density at radius 1 is 0.314 bits per heavy atom. The number of carbonyl (C=O) groups excluding carboxylic acids is 4. The first kappa shape index (κ1) is 59.9. The van der Waals surface area contributed by atoms with E-state index in [0.29, 0.717) is 98.8 Å². The number of nitrogens with one attached hydrogen (secondary N) is 10. The Morgan fingerprint density at radius 3 is 0.826 bits per heavy atom. The molecule has 14 N–H and O–H groups in total. The van der Waals surface area contributed by atoms with Crippen LogP contribution in [0.2, 0.25) is 0 Å². The quantitative estimate of drug-likeness (QED) is 0.0298. The smallest absolute Gasteiger partial charge is 0.399 e. The Kier molecular flexibility index (Phi) is 20.2. The Hall–Kier alpha value is -12.2. The van der Waals surface area contributed by atoms with Gasteiger partial charge in [0, 0.05) is 95.9 Å². The van der Waals surface area contributed by atoms with Crippen molar-refractivity contribution in [3.8, 4) is 5.95 Å². The third-order valence-electron chi connectivity index (χ3n) is 11.1. The molecule has 4 aromatic heterocycles. The summed E-state index contributed by atoms with van der Waals surface area (Å²) in [6.45, 7) is 9.38. The molecule has 0 unspecified atom stereocenters. The molecule has 0 saturated carbocycles. The molecule has 0 bridgehead atoms. The largest absolute Gasteiger partial charge is 0.444 e. The number of nitrogens with two attached hydrogens (primary N) is 2. The number of aryl methyl sites for hydroxylation is 2. The summed E-state index contributed by atoms with van der Waals surface area (Å²) >= 11 is 0. The zero-order chi connectivity index (χ0) is 61.0. The van der Waals surface area contributed by atoms with Crippen LogP contribution < -0.4 is 69.2 Å². The highest BCUT2D eigenvalue weighted by atomic mass is 16.2. The van der Waals surface area contributed by atoms with Gasteiger partial charge in [-0.1, -0.05) is 42.5 Å². The molecule has 26 heteroatoms. The van der Waals surface area contributed by atoms with E-state index in [1.807, 2.05) is 128 Å². The summed E-state index contributed by atoms with van der Waals surface area (Å²) in [5.74, 6) is 3.12. The van der Waals surface area contributed by atoms with Crippen molar-refractivity contribution < 1.29 is 23.7 Å². The Bertz CT molecular complexity index is 3800. The van der Waals surface area contributed by atoms with Gasteiger partial charge in [0.05, 0.1) is 12.4 Å². The first-order valence-electron chi connectivity index (χ1n) is 26.4. The highest BCUT2D eigenvalue weighted by Gasteiger charge is 2.19. The van der Waals surface area contributed by atoms with E-state index in [1.54, 1.807) is 66.9 Å². The molecule has 0 radical (unpaired) electrons. The van der Waals surface area contributed by atoms with Gasteiger partial charge in [-0.2, -0.15) is 29.9 Å². The number of nitrogens with zero attached hydrogens (tertiary/aromatic N) is 10. The lowest BCUT2D eigenvalue weighted by atomic mass is 10.2. The van der Waals surface area contributed by atoms with Crippen molar-refractivity contribution in [3.05, 3.63) is 188 Å². The minimum Gasteiger partial charge on any atom is -0.399 e. The summed E-state index contributed by atoms with van der Waals surface area (Å²) in [6.07, 6.45) is 3.66. The second-order valence-corrected chi connectivity index (χ2v) is 18.7. The fourth-order valence-electron chi connectivity index (χ4n) is 7.83. The predicted molar refractivity (Wildman–Crippen MR) is 335 cm³/mol. The fourth-order valence-corrected chi connectivity index (χ4v) is 7.83. The van der Waals surface area contributed by atoms with Crippen LogP contribution in [0.15, 0.2) is 176 Å². The molecule has 26 nitrogen and oxygen atoms in total. The van der Waals surface area contributed by atoms with Crippen molar-refractivity contribution in [2.24, 2.45) is 0 Å². The van der Waals surface area contributed by atoms with Crippen LogP contribution in [0.4, 0.5) is 104 Å². The van der Waals surface area contributed by atoms with Crippen LogP contribution in [-0.2, 0) is 19.2 Å². The lowest BCUT2D eigenvalue weighted by Crippen LogP contribution is -2.32. The van der Waals surface area contributed by atoms with E-state index in [4.69, 9.17) is 11.5 Å². The Labute approximate surface area is 494 Å². The van der Waals surface area contributed by atoms with E-state index in [0.717, 1.165) is 22.7 Å². The molecule has 0 spiro atoms. The number of carbonyl (C=O) groups is 4. The van der Waals surface area contributed by atoms with Gasteiger partial charge >= 0.3 is 17.8 Å². The minimum absolute atomic E-state index is 0.147. The molecule has 0 fully saturated rings. The van der Waals surface area contributed by atoms with Crippen LogP contribution >= 0.6 is 0 Å². The molecule has 0 aliphatic carbocycles. The summed E-state index contributed by atoms with van der Waals surface area (Å²) < 4.78 is 1.76. The van der Waals surface area contributed by atoms with Gasteiger partial charge in [0.2, 0.25) is 47.4 Å². The van der Waals surface area contributed by atoms with E-state index in [1.165, 1.54) is 27.7 Å². The molecule has 434 valence electrons. The molecule has 10 aromatic rings. The maximum atomic E-state index is 11.4. The van der Waals surface area contributed by atoms with Crippen LogP contribution in [0.3, 0.4) is 0 Å². The summed E-state index contributed by atoms with van der Waals surface area (Å²) in [5.41, 5.74) is 20.0. The number of pyridine rings is 1. The molecular weight excluding hydrogens is 1090 g/mol. The molecule has 6 aromatic carbocycles. The van der Waals surface area contributed by atoms with Gasteiger partial charge < -0.3 is 64.6 Å². The van der Waals surface area contributed by atoms with Crippen LogP contribution in [0.25, 0.3) is 5.95 Å². The number of benzene rings is 6. The maximum Gasteiger partial charge on any atom is 0.444 e. The monoisotopic (exact) mass is 1150 g/mol. The van der Waals surface area contributed by atoms with E-state index in [9.17, 15) is 19.2 Å². The molecule has 10 rings (SSSR count). The summed E-state index contributed by atoms with van der Waals surface area (Å²) in [5, 5.41) is 29.8. The highest BCUT2D eigenvalue weighted by molar-refractivity contribution is 5.91. The third kappa shape index (κ3) is 19.5. The third-order valence-corrected chi connectivity index (χ3v) is 11.1. The number of hydrogen-bond donors (Lipinski definition) is 12. The molecule has 0 atom stereocenters. The van der Waals surface area contributed by atoms with E-state index >= 15 is 0 Å². The van der Waals surface area contributed by atoms with Crippen LogP contribution in [-0.4, -0.2) is 68.5 Å². The normalized spacial score (nSPS) is 10.3. The van der Waals surface area contributed by atoms with Crippen molar-refractivity contribution >= 4 is 128 Å². The number of anilines is 18. The minimum atomic E-state index is -0.159. The maximum absolute atomic E-state index is 11.4. The topological polar surface area (TPSA) is 361 Å². The van der Waals surface area contributed by atoms with E-state index < -0.39 is 0 Å².